The largest absolute Gasteiger partial charge is 0.453 e. The number of piperidine rings is 1. The molecule has 4 nitrogen and oxygen atoms in total. The van der Waals surface area contributed by atoms with Crippen LogP contribution in [0, 0.1) is 0 Å². The lowest BCUT2D eigenvalue weighted by molar-refractivity contribution is 0.0925. The van der Waals surface area contributed by atoms with E-state index in [2.05, 4.69) is 16.7 Å². The summed E-state index contributed by atoms with van der Waals surface area (Å²) < 4.78 is 4.67. The van der Waals surface area contributed by atoms with E-state index in [9.17, 15) is 4.79 Å². The van der Waals surface area contributed by atoms with Crippen molar-refractivity contribution < 1.29 is 9.53 Å². The molecule has 0 aromatic heterocycles. The quantitative estimate of drug-likeness (QED) is 0.713. The summed E-state index contributed by atoms with van der Waals surface area (Å²) in [5.74, 6) is 0. The van der Waals surface area contributed by atoms with E-state index < -0.39 is 0 Å². The Morgan fingerprint density at radius 2 is 1.82 bits per heavy atom. The van der Waals surface area contributed by atoms with E-state index in [0.717, 1.165) is 25.9 Å². The summed E-state index contributed by atoms with van der Waals surface area (Å²) in [7, 11) is 5.30. The second kappa shape index (κ2) is 11.7. The first-order valence-corrected chi connectivity index (χ1v) is 6.64. The zero-order chi connectivity index (χ0) is 13.8. The first-order chi connectivity index (χ1) is 8.15. The van der Waals surface area contributed by atoms with Gasteiger partial charge in [-0.25, -0.2) is 4.79 Å². The fourth-order valence-electron chi connectivity index (χ4n) is 1.75. The molecule has 0 bridgehead atoms. The Morgan fingerprint density at radius 1 is 1.29 bits per heavy atom. The minimum atomic E-state index is -0.236. The molecule has 0 N–H and O–H groups in total. The van der Waals surface area contributed by atoms with Crippen LogP contribution in [-0.2, 0) is 4.74 Å². The minimum Gasteiger partial charge on any atom is -0.453 e. The maximum Gasteiger partial charge on any atom is 0.409 e. The number of carbonyl (C=O) groups is 1. The number of rotatable bonds is 1. The third-order valence-corrected chi connectivity index (χ3v) is 2.61. The highest BCUT2D eigenvalue weighted by molar-refractivity contribution is 5.67. The van der Waals surface area contributed by atoms with Crippen LogP contribution in [0.15, 0.2) is 0 Å². The molecule has 1 aliphatic rings. The molecule has 0 aromatic rings. The lowest BCUT2D eigenvalue weighted by Gasteiger charge is -2.34. The molecule has 0 aromatic carbocycles. The van der Waals surface area contributed by atoms with Gasteiger partial charge in [-0.15, -0.1) is 0 Å². The van der Waals surface area contributed by atoms with Crippen molar-refractivity contribution in [1.82, 2.24) is 9.80 Å². The maximum atomic E-state index is 11.2. The van der Waals surface area contributed by atoms with Crippen molar-refractivity contribution in [3.8, 4) is 0 Å². The Hall–Kier alpha value is -0.770. The van der Waals surface area contributed by atoms with E-state index in [0.29, 0.717) is 6.04 Å². The summed E-state index contributed by atoms with van der Waals surface area (Å²) in [4.78, 5) is 15.1. The Kier molecular flexibility index (Phi) is 12.8. The second-order valence-electron chi connectivity index (χ2n) is 3.64. The first-order valence-electron chi connectivity index (χ1n) is 6.64. The van der Waals surface area contributed by atoms with E-state index in [1.54, 1.807) is 11.9 Å². The van der Waals surface area contributed by atoms with E-state index in [1.165, 1.54) is 7.11 Å². The van der Waals surface area contributed by atoms with Crippen molar-refractivity contribution in [3.63, 3.8) is 0 Å². The highest BCUT2D eigenvalue weighted by Gasteiger charge is 2.24. The molecule has 0 aliphatic carbocycles. The molecule has 0 radical (unpaired) electrons. The number of hydrogen-bond donors (Lipinski definition) is 0. The van der Waals surface area contributed by atoms with Gasteiger partial charge in [-0.3, -0.25) is 0 Å². The smallest absolute Gasteiger partial charge is 0.409 e. The van der Waals surface area contributed by atoms with Crippen molar-refractivity contribution in [3.05, 3.63) is 0 Å². The Balaban J connectivity index is 0. The third kappa shape index (κ3) is 7.21. The molecule has 1 atom stereocenters. The van der Waals surface area contributed by atoms with Crippen molar-refractivity contribution in [1.29, 1.82) is 0 Å². The number of carbonyl (C=O) groups excluding carboxylic acids is 1. The predicted octanol–water partition coefficient (Wildman–Crippen LogP) is 2.83. The average molecular weight is 246 g/mol. The van der Waals surface area contributed by atoms with Crippen LogP contribution in [0.5, 0.6) is 0 Å². The zero-order valence-electron chi connectivity index (χ0n) is 12.6. The second-order valence-corrected chi connectivity index (χ2v) is 3.64. The summed E-state index contributed by atoms with van der Waals surface area (Å²) in [6.45, 7) is 10.1. The molecule has 1 rings (SSSR count). The van der Waals surface area contributed by atoms with E-state index in [4.69, 9.17) is 0 Å². The molecule has 1 fully saturated rings. The molecule has 17 heavy (non-hydrogen) atoms. The molecular formula is C13H30N2O2. The number of likely N-dealkylation sites (N-methyl/N-ethyl adjacent to an activating group) is 2. The molecule has 1 unspecified atom stereocenters. The van der Waals surface area contributed by atoms with Gasteiger partial charge in [-0.2, -0.15) is 0 Å². The molecule has 1 amide bonds. The van der Waals surface area contributed by atoms with Gasteiger partial charge in [0.15, 0.2) is 0 Å². The Labute approximate surface area is 107 Å². The minimum absolute atomic E-state index is 0.236. The van der Waals surface area contributed by atoms with Gasteiger partial charge in [-0.05, 0) is 26.4 Å². The Bertz CT molecular complexity index is 186. The SMILES string of the molecule is CC.CC.COC(=O)N(C)C1CCCN(C)C1. The summed E-state index contributed by atoms with van der Waals surface area (Å²) in [6.07, 6.45) is 2.00. The topological polar surface area (TPSA) is 32.8 Å². The molecule has 0 saturated carbocycles. The summed E-state index contributed by atoms with van der Waals surface area (Å²) in [5.41, 5.74) is 0. The number of amides is 1. The molecule has 104 valence electrons. The van der Waals surface area contributed by atoms with Gasteiger partial charge in [0.25, 0.3) is 0 Å². The van der Waals surface area contributed by atoms with Gasteiger partial charge in [0.1, 0.15) is 0 Å². The van der Waals surface area contributed by atoms with Gasteiger partial charge in [0.05, 0.1) is 7.11 Å². The van der Waals surface area contributed by atoms with Crippen molar-refractivity contribution >= 4 is 6.09 Å². The highest BCUT2D eigenvalue weighted by Crippen LogP contribution is 2.13. The van der Waals surface area contributed by atoms with Crippen LogP contribution in [0.2, 0.25) is 0 Å². The van der Waals surface area contributed by atoms with E-state index in [1.807, 2.05) is 27.7 Å². The van der Waals surface area contributed by atoms with Crippen molar-refractivity contribution in [2.75, 3.05) is 34.3 Å². The number of ether oxygens (including phenoxy) is 1. The fourth-order valence-corrected chi connectivity index (χ4v) is 1.75. The molecule has 1 saturated heterocycles. The van der Waals surface area contributed by atoms with Crippen LogP contribution in [-0.4, -0.2) is 56.2 Å². The molecular weight excluding hydrogens is 216 g/mol. The third-order valence-electron chi connectivity index (χ3n) is 2.61. The number of likely N-dealkylation sites (tertiary alicyclic amines) is 1. The van der Waals surface area contributed by atoms with Gasteiger partial charge in [0, 0.05) is 19.6 Å². The van der Waals surface area contributed by atoms with E-state index in [-0.39, 0.29) is 6.09 Å². The van der Waals surface area contributed by atoms with Gasteiger partial charge in [-0.1, -0.05) is 27.7 Å². The van der Waals surface area contributed by atoms with Crippen LogP contribution < -0.4 is 0 Å². The first kappa shape index (κ1) is 18.6. The highest BCUT2D eigenvalue weighted by atomic mass is 16.5. The lowest BCUT2D eigenvalue weighted by atomic mass is 10.1. The van der Waals surface area contributed by atoms with Crippen LogP contribution in [0.1, 0.15) is 40.5 Å². The van der Waals surface area contributed by atoms with Crippen LogP contribution >= 0.6 is 0 Å². The zero-order valence-corrected chi connectivity index (χ0v) is 12.6. The lowest BCUT2D eigenvalue weighted by Crippen LogP contribution is -2.47. The number of hydrogen-bond acceptors (Lipinski definition) is 3. The average Bonchev–Trinajstić information content (AvgIpc) is 2.41. The number of methoxy groups -OCH3 is 1. The van der Waals surface area contributed by atoms with E-state index >= 15 is 0 Å². The van der Waals surface area contributed by atoms with Crippen LogP contribution in [0.25, 0.3) is 0 Å². The summed E-state index contributed by atoms with van der Waals surface area (Å²) in [6, 6.07) is 0.311. The van der Waals surface area contributed by atoms with Crippen molar-refractivity contribution in [2.24, 2.45) is 0 Å². The monoisotopic (exact) mass is 246 g/mol. The van der Waals surface area contributed by atoms with Gasteiger partial charge < -0.3 is 14.5 Å². The molecule has 1 heterocycles. The maximum absolute atomic E-state index is 11.2. The Morgan fingerprint density at radius 3 is 2.24 bits per heavy atom. The normalized spacial score (nSPS) is 19.1. The van der Waals surface area contributed by atoms with Crippen LogP contribution in [0.3, 0.4) is 0 Å². The van der Waals surface area contributed by atoms with Gasteiger partial charge in [0.2, 0.25) is 0 Å². The summed E-state index contributed by atoms with van der Waals surface area (Å²) in [5, 5.41) is 0. The summed E-state index contributed by atoms with van der Waals surface area (Å²) >= 11 is 0. The molecule has 1 aliphatic heterocycles. The van der Waals surface area contributed by atoms with Crippen LogP contribution in [0.4, 0.5) is 4.79 Å². The standard InChI is InChI=1S/C9H18N2O2.2C2H6/c1-10-6-4-5-8(7-10)11(2)9(12)13-3;2*1-2/h8H,4-7H2,1-3H3;2*1-2H3. The predicted molar refractivity (Wildman–Crippen MR) is 73.4 cm³/mol. The number of nitrogens with zero attached hydrogens (tertiary/aromatic N) is 2. The van der Waals surface area contributed by atoms with Crippen molar-refractivity contribution in [2.45, 2.75) is 46.6 Å². The fraction of sp³-hybridized carbons (Fsp3) is 0.923. The van der Waals surface area contributed by atoms with Gasteiger partial charge >= 0.3 is 6.09 Å². The molecule has 0 spiro atoms. The molecule has 4 heteroatoms.